The first-order valence-corrected chi connectivity index (χ1v) is 6.48. The van der Waals surface area contributed by atoms with E-state index in [0.717, 1.165) is 0 Å². The second kappa shape index (κ2) is 6.48. The smallest absolute Gasteiger partial charge is 0.311 e. The summed E-state index contributed by atoms with van der Waals surface area (Å²) in [4.78, 5) is 35.1. The van der Waals surface area contributed by atoms with Crippen LogP contribution in [0.1, 0.15) is 33.6 Å². The number of hydrogen-bond acceptors (Lipinski definition) is 5. The van der Waals surface area contributed by atoms with E-state index < -0.39 is 63.5 Å². The van der Waals surface area contributed by atoms with Crippen molar-refractivity contribution in [3.63, 3.8) is 0 Å². The van der Waals surface area contributed by atoms with Gasteiger partial charge in [0.1, 0.15) is 0 Å². The molecule has 0 fully saturated rings. The molecule has 1 aliphatic rings. The number of nitrogens with two attached hydrogens (primary N) is 1. The van der Waals surface area contributed by atoms with Crippen LogP contribution in [-0.4, -0.2) is 24.1 Å². The minimum atomic E-state index is -2.37. The van der Waals surface area contributed by atoms with Gasteiger partial charge in [0, 0.05) is 6.42 Å². The normalized spacial score (nSPS) is 14.1. The lowest BCUT2D eigenvalue weighted by Gasteiger charge is -2.18. The molecule has 0 bridgehead atoms. The van der Waals surface area contributed by atoms with Crippen LogP contribution < -0.4 is 5.73 Å². The molecule has 0 atom stereocenters. The van der Waals surface area contributed by atoms with Gasteiger partial charge in [-0.3, -0.25) is 14.4 Å². The number of halogens is 5. The van der Waals surface area contributed by atoms with Gasteiger partial charge in [0.25, 0.3) is 0 Å². The van der Waals surface area contributed by atoms with E-state index in [0.29, 0.717) is 0 Å². The Hall–Kier alpha value is -2.62. The highest BCUT2D eigenvalue weighted by atomic mass is 19.2. The fourth-order valence-electron chi connectivity index (χ4n) is 1.99. The van der Waals surface area contributed by atoms with E-state index in [1.807, 2.05) is 0 Å². The topological polar surface area (TPSA) is 86.5 Å². The zero-order valence-electron chi connectivity index (χ0n) is 11.7. The zero-order valence-corrected chi connectivity index (χ0v) is 11.7. The first-order valence-electron chi connectivity index (χ1n) is 6.48. The molecule has 2 rings (SSSR count). The van der Waals surface area contributed by atoms with Gasteiger partial charge in [-0.25, -0.2) is 17.6 Å². The first-order chi connectivity index (χ1) is 11.2. The standard InChI is InChI=1S/C14H8F5NO4/c15-7-5-6(8(16)10(18)9(7)17)13(23)14(11(19)12(5)22)24-4(21)2-1-3-20/h1-3,20H2. The number of ether oxygens (including phenoxy) is 1. The van der Waals surface area contributed by atoms with Crippen LogP contribution in [0.2, 0.25) is 0 Å². The van der Waals surface area contributed by atoms with Gasteiger partial charge < -0.3 is 10.5 Å². The Morgan fingerprint density at radius 1 is 0.875 bits per heavy atom. The maximum atomic E-state index is 13.9. The predicted octanol–water partition coefficient (Wildman–Crippen LogP) is 2.09. The van der Waals surface area contributed by atoms with Crippen LogP contribution in [0, 0.1) is 23.3 Å². The Kier molecular flexibility index (Phi) is 4.78. The van der Waals surface area contributed by atoms with Gasteiger partial charge in [0.05, 0.1) is 11.1 Å². The number of Topliss-reactive ketones (excluding diaryl/α,β-unsaturated/α-hetero) is 2. The molecule has 0 aliphatic heterocycles. The summed E-state index contributed by atoms with van der Waals surface area (Å²) in [7, 11) is 0. The summed E-state index contributed by atoms with van der Waals surface area (Å²) in [5.74, 6) is -17.6. The van der Waals surface area contributed by atoms with Crippen LogP contribution in [0.3, 0.4) is 0 Å². The third-order valence-electron chi connectivity index (χ3n) is 3.13. The highest BCUT2D eigenvalue weighted by Gasteiger charge is 2.42. The SMILES string of the molecule is NCCCC(=O)OC1=C(F)C(=O)c2c(F)c(F)c(F)c(F)c2C1=O. The van der Waals surface area contributed by atoms with Gasteiger partial charge in [-0.15, -0.1) is 0 Å². The van der Waals surface area contributed by atoms with Crippen LogP contribution >= 0.6 is 0 Å². The lowest BCUT2D eigenvalue weighted by Crippen LogP contribution is -2.27. The van der Waals surface area contributed by atoms with Crippen molar-refractivity contribution in [2.75, 3.05) is 6.54 Å². The highest BCUT2D eigenvalue weighted by molar-refractivity contribution is 6.25. The van der Waals surface area contributed by atoms with E-state index in [-0.39, 0.29) is 19.4 Å². The maximum absolute atomic E-state index is 13.9. The summed E-state index contributed by atoms with van der Waals surface area (Å²) in [6.07, 6.45) is -0.245. The molecular formula is C14H8F5NO4. The van der Waals surface area contributed by atoms with E-state index in [1.54, 1.807) is 0 Å². The number of fused-ring (bicyclic) bond motifs is 1. The molecular weight excluding hydrogens is 341 g/mol. The number of carbonyl (C=O) groups excluding carboxylic acids is 3. The molecule has 0 amide bonds. The third-order valence-corrected chi connectivity index (χ3v) is 3.13. The quantitative estimate of drug-likeness (QED) is 0.389. The molecule has 0 radical (unpaired) electrons. The van der Waals surface area contributed by atoms with Crippen molar-refractivity contribution in [3.8, 4) is 0 Å². The van der Waals surface area contributed by atoms with Crippen molar-refractivity contribution in [1.82, 2.24) is 0 Å². The molecule has 1 aromatic rings. The minimum absolute atomic E-state index is 0.0661. The Morgan fingerprint density at radius 3 is 1.88 bits per heavy atom. The van der Waals surface area contributed by atoms with Crippen LogP contribution in [0.15, 0.2) is 11.6 Å². The summed E-state index contributed by atoms with van der Waals surface area (Å²) >= 11 is 0. The lowest BCUT2D eigenvalue weighted by atomic mass is 9.91. The van der Waals surface area contributed by atoms with Crippen molar-refractivity contribution >= 4 is 17.5 Å². The number of hydrogen-bond donors (Lipinski definition) is 1. The summed E-state index contributed by atoms with van der Waals surface area (Å²) in [6, 6.07) is 0. The van der Waals surface area contributed by atoms with Crippen molar-refractivity contribution < 1.29 is 41.1 Å². The molecule has 5 nitrogen and oxygen atoms in total. The van der Waals surface area contributed by atoms with Gasteiger partial charge in [0.15, 0.2) is 23.3 Å². The van der Waals surface area contributed by atoms with Crippen LogP contribution in [0.4, 0.5) is 22.0 Å². The first kappa shape index (κ1) is 17.7. The number of allylic oxidation sites excluding steroid dienone is 2. The number of benzene rings is 1. The van der Waals surface area contributed by atoms with Crippen molar-refractivity contribution in [3.05, 3.63) is 46.0 Å². The summed E-state index contributed by atoms with van der Waals surface area (Å²) in [6.45, 7) is 0.0661. The van der Waals surface area contributed by atoms with Crippen molar-refractivity contribution in [2.24, 2.45) is 5.73 Å². The van der Waals surface area contributed by atoms with E-state index in [9.17, 15) is 36.3 Å². The Bertz CT molecular complexity index is 803. The molecule has 24 heavy (non-hydrogen) atoms. The molecule has 128 valence electrons. The van der Waals surface area contributed by atoms with Crippen molar-refractivity contribution in [1.29, 1.82) is 0 Å². The average Bonchev–Trinajstić information content (AvgIpc) is 2.56. The fourth-order valence-corrected chi connectivity index (χ4v) is 1.99. The molecule has 0 unspecified atom stereocenters. The van der Waals surface area contributed by atoms with E-state index in [2.05, 4.69) is 4.74 Å². The molecule has 2 N–H and O–H groups in total. The Labute approximate surface area is 130 Å². The molecule has 0 saturated heterocycles. The molecule has 0 heterocycles. The van der Waals surface area contributed by atoms with Gasteiger partial charge in [-0.05, 0) is 13.0 Å². The number of carbonyl (C=O) groups is 3. The minimum Gasteiger partial charge on any atom is -0.419 e. The molecule has 1 aromatic carbocycles. The van der Waals surface area contributed by atoms with Gasteiger partial charge >= 0.3 is 5.97 Å². The largest absolute Gasteiger partial charge is 0.419 e. The maximum Gasteiger partial charge on any atom is 0.311 e. The third kappa shape index (κ3) is 2.68. The van der Waals surface area contributed by atoms with Crippen LogP contribution in [0.5, 0.6) is 0 Å². The summed E-state index contributed by atoms with van der Waals surface area (Å²) in [5, 5.41) is 0. The molecule has 0 spiro atoms. The van der Waals surface area contributed by atoms with Gasteiger partial charge in [-0.2, -0.15) is 4.39 Å². The zero-order chi connectivity index (χ0) is 18.2. The van der Waals surface area contributed by atoms with Gasteiger partial charge in [-0.1, -0.05) is 0 Å². The summed E-state index contributed by atoms with van der Waals surface area (Å²) in [5.41, 5.74) is 1.99. The predicted molar refractivity (Wildman–Crippen MR) is 67.4 cm³/mol. The number of esters is 1. The average molecular weight is 349 g/mol. The van der Waals surface area contributed by atoms with Crippen LogP contribution in [-0.2, 0) is 9.53 Å². The van der Waals surface area contributed by atoms with E-state index in [4.69, 9.17) is 5.73 Å². The summed E-state index contributed by atoms with van der Waals surface area (Å²) < 4.78 is 72.0. The molecule has 0 saturated carbocycles. The van der Waals surface area contributed by atoms with Crippen molar-refractivity contribution in [2.45, 2.75) is 12.8 Å². The molecule has 1 aliphatic carbocycles. The second-order valence-corrected chi connectivity index (χ2v) is 4.67. The molecule has 10 heteroatoms. The second-order valence-electron chi connectivity index (χ2n) is 4.67. The number of rotatable bonds is 4. The van der Waals surface area contributed by atoms with E-state index >= 15 is 0 Å². The Morgan fingerprint density at radius 2 is 1.38 bits per heavy atom. The lowest BCUT2D eigenvalue weighted by molar-refractivity contribution is -0.139. The Balaban J connectivity index is 2.56. The van der Waals surface area contributed by atoms with E-state index in [1.165, 1.54) is 0 Å². The molecule has 0 aromatic heterocycles. The fraction of sp³-hybridized carbons (Fsp3) is 0.214. The van der Waals surface area contributed by atoms with Crippen LogP contribution in [0.25, 0.3) is 0 Å². The number of ketones is 2. The monoisotopic (exact) mass is 349 g/mol. The van der Waals surface area contributed by atoms with Gasteiger partial charge in [0.2, 0.25) is 23.2 Å². The highest BCUT2D eigenvalue weighted by Crippen LogP contribution is 2.34.